The Labute approximate surface area is 176 Å². The van der Waals surface area contributed by atoms with Crippen molar-refractivity contribution in [3.63, 3.8) is 0 Å². The van der Waals surface area contributed by atoms with Crippen LogP contribution in [0.5, 0.6) is 5.75 Å². The van der Waals surface area contributed by atoms with E-state index in [2.05, 4.69) is 30.6 Å². The Hall–Kier alpha value is -3.14. The van der Waals surface area contributed by atoms with Gasteiger partial charge in [-0.15, -0.1) is 0 Å². The van der Waals surface area contributed by atoms with Gasteiger partial charge < -0.3 is 20.5 Å². The maximum atomic E-state index is 13.3. The number of nitrogens with one attached hydrogen (secondary N) is 2. The average molecular weight is 429 g/mol. The number of benzene rings is 1. The number of aliphatic hydroxyl groups is 1. The molecule has 0 radical (unpaired) electrons. The van der Waals surface area contributed by atoms with E-state index in [1.165, 1.54) is 18.2 Å². The van der Waals surface area contributed by atoms with Crippen molar-refractivity contribution in [2.45, 2.75) is 19.3 Å². The van der Waals surface area contributed by atoms with Gasteiger partial charge in [0.15, 0.2) is 6.23 Å². The van der Waals surface area contributed by atoms with Crippen LogP contribution >= 0.6 is 11.6 Å². The Morgan fingerprint density at radius 2 is 1.97 bits per heavy atom. The highest BCUT2D eigenvalue weighted by Crippen LogP contribution is 2.30. The predicted octanol–water partition coefficient (Wildman–Crippen LogP) is 2.66. The quantitative estimate of drug-likeness (QED) is 0.531. The van der Waals surface area contributed by atoms with Crippen LogP contribution in [0.15, 0.2) is 53.9 Å². The summed E-state index contributed by atoms with van der Waals surface area (Å²) >= 11 is 5.77. The summed E-state index contributed by atoms with van der Waals surface area (Å²) in [5, 5.41) is 16.5. The van der Waals surface area contributed by atoms with Crippen molar-refractivity contribution in [1.29, 1.82) is 0 Å². The fraction of sp³-hybridized carbons (Fsp3) is 0.200. The number of halogens is 2. The number of fused-ring (bicyclic) bond motifs is 1. The van der Waals surface area contributed by atoms with E-state index in [0.717, 1.165) is 0 Å². The molecular formula is C20H18ClFN6O2. The number of nitrogens with zero attached hydrogens (tertiary/aromatic N) is 4. The minimum absolute atomic E-state index is 0.0311. The smallest absolute Gasteiger partial charge is 0.154 e. The second-order valence-electron chi connectivity index (χ2n) is 6.43. The van der Waals surface area contributed by atoms with Gasteiger partial charge in [-0.05, 0) is 24.3 Å². The van der Waals surface area contributed by atoms with Gasteiger partial charge in [-0.1, -0.05) is 11.6 Å². The molecule has 1 aromatic carbocycles. The SMILES string of the molecule is OC1NC(COc2ccc(F)c(Cl)c2)=Nc2c1ccnc2CNCc1ncccn1. The number of aliphatic imine (C=N–C) groups is 1. The molecule has 0 saturated heterocycles. The largest absolute Gasteiger partial charge is 0.486 e. The van der Waals surface area contributed by atoms with Crippen molar-refractivity contribution in [2.24, 2.45) is 4.99 Å². The van der Waals surface area contributed by atoms with Gasteiger partial charge >= 0.3 is 0 Å². The van der Waals surface area contributed by atoms with E-state index < -0.39 is 12.0 Å². The molecular weight excluding hydrogens is 411 g/mol. The third-order valence-corrected chi connectivity index (χ3v) is 4.63. The van der Waals surface area contributed by atoms with Crippen LogP contribution in [-0.2, 0) is 13.1 Å². The number of rotatable bonds is 7. The molecule has 2 aromatic heterocycles. The van der Waals surface area contributed by atoms with Crippen LogP contribution in [0, 0.1) is 5.82 Å². The maximum absolute atomic E-state index is 13.3. The first kappa shape index (κ1) is 20.1. The van der Waals surface area contributed by atoms with Crippen molar-refractivity contribution in [1.82, 2.24) is 25.6 Å². The Kier molecular flexibility index (Phi) is 6.12. The first-order chi connectivity index (χ1) is 14.6. The number of aliphatic hydroxyl groups excluding tert-OH is 1. The fourth-order valence-electron chi connectivity index (χ4n) is 2.90. The molecule has 1 aliphatic heterocycles. The van der Waals surface area contributed by atoms with Gasteiger partial charge in [0.25, 0.3) is 0 Å². The lowest BCUT2D eigenvalue weighted by Crippen LogP contribution is -2.35. The molecule has 0 spiro atoms. The number of aromatic nitrogens is 3. The highest BCUT2D eigenvalue weighted by Gasteiger charge is 2.23. The van der Waals surface area contributed by atoms with Gasteiger partial charge in [-0.25, -0.2) is 19.4 Å². The molecule has 1 aliphatic rings. The van der Waals surface area contributed by atoms with Gasteiger partial charge in [0.05, 0.1) is 22.9 Å². The summed E-state index contributed by atoms with van der Waals surface area (Å²) in [6.45, 7) is 0.926. The van der Waals surface area contributed by atoms with Gasteiger partial charge in [-0.3, -0.25) is 4.98 Å². The van der Waals surface area contributed by atoms with Gasteiger partial charge in [0.2, 0.25) is 0 Å². The minimum Gasteiger partial charge on any atom is -0.486 e. The molecule has 30 heavy (non-hydrogen) atoms. The Morgan fingerprint density at radius 1 is 1.13 bits per heavy atom. The summed E-state index contributed by atoms with van der Waals surface area (Å²) in [7, 11) is 0. The third-order valence-electron chi connectivity index (χ3n) is 4.34. The zero-order valence-electron chi connectivity index (χ0n) is 15.7. The second kappa shape index (κ2) is 9.12. The van der Waals surface area contributed by atoms with Crippen LogP contribution in [0.2, 0.25) is 5.02 Å². The molecule has 3 heterocycles. The van der Waals surface area contributed by atoms with Crippen molar-refractivity contribution in [2.75, 3.05) is 6.61 Å². The normalized spacial score (nSPS) is 15.2. The minimum atomic E-state index is -0.952. The molecule has 8 nitrogen and oxygen atoms in total. The molecule has 0 fully saturated rings. The number of amidine groups is 1. The van der Waals surface area contributed by atoms with Gasteiger partial charge in [0, 0.05) is 36.8 Å². The molecule has 1 atom stereocenters. The second-order valence-corrected chi connectivity index (χ2v) is 6.84. The summed E-state index contributed by atoms with van der Waals surface area (Å²) in [6, 6.07) is 7.54. The lowest BCUT2D eigenvalue weighted by Gasteiger charge is -2.24. The summed E-state index contributed by atoms with van der Waals surface area (Å²) in [5.41, 5.74) is 1.86. The van der Waals surface area contributed by atoms with E-state index in [1.54, 1.807) is 30.7 Å². The monoisotopic (exact) mass is 428 g/mol. The zero-order valence-corrected chi connectivity index (χ0v) is 16.5. The summed E-state index contributed by atoms with van der Waals surface area (Å²) < 4.78 is 18.9. The summed E-state index contributed by atoms with van der Waals surface area (Å²) in [6.07, 6.45) is 4.03. The highest BCUT2D eigenvalue weighted by atomic mass is 35.5. The first-order valence-electron chi connectivity index (χ1n) is 9.14. The zero-order chi connectivity index (χ0) is 20.9. The van der Waals surface area contributed by atoms with Crippen LogP contribution in [0.3, 0.4) is 0 Å². The van der Waals surface area contributed by atoms with Crippen LogP contribution in [0.1, 0.15) is 23.3 Å². The van der Waals surface area contributed by atoms with Crippen molar-refractivity contribution in [3.05, 3.63) is 76.8 Å². The lowest BCUT2D eigenvalue weighted by molar-refractivity contribution is 0.158. The lowest BCUT2D eigenvalue weighted by atomic mass is 10.1. The van der Waals surface area contributed by atoms with E-state index in [4.69, 9.17) is 16.3 Å². The van der Waals surface area contributed by atoms with Gasteiger partial charge in [0.1, 0.15) is 29.8 Å². The molecule has 0 saturated carbocycles. The Balaban J connectivity index is 1.47. The summed E-state index contributed by atoms with van der Waals surface area (Å²) in [4.78, 5) is 17.3. The Bertz CT molecular complexity index is 1070. The molecule has 154 valence electrons. The van der Waals surface area contributed by atoms with E-state index in [9.17, 15) is 9.50 Å². The third kappa shape index (κ3) is 4.70. The van der Waals surface area contributed by atoms with Crippen molar-refractivity contribution in [3.8, 4) is 5.75 Å². The predicted molar refractivity (Wildman–Crippen MR) is 109 cm³/mol. The maximum Gasteiger partial charge on any atom is 0.154 e. The molecule has 3 N–H and O–H groups in total. The molecule has 3 aromatic rings. The molecule has 0 aliphatic carbocycles. The average Bonchev–Trinajstić information content (AvgIpc) is 2.76. The van der Waals surface area contributed by atoms with Crippen LogP contribution < -0.4 is 15.4 Å². The van der Waals surface area contributed by atoms with Crippen LogP contribution in [0.4, 0.5) is 10.1 Å². The molecule has 4 rings (SSSR count). The van der Waals surface area contributed by atoms with E-state index in [-0.39, 0.29) is 11.6 Å². The van der Waals surface area contributed by atoms with E-state index >= 15 is 0 Å². The van der Waals surface area contributed by atoms with Crippen LogP contribution in [0.25, 0.3) is 0 Å². The molecule has 0 bridgehead atoms. The highest BCUT2D eigenvalue weighted by molar-refractivity contribution is 6.30. The fourth-order valence-corrected chi connectivity index (χ4v) is 3.07. The number of hydrogen-bond donors (Lipinski definition) is 3. The van der Waals surface area contributed by atoms with Crippen molar-refractivity contribution >= 4 is 23.1 Å². The molecule has 0 amide bonds. The number of hydrogen-bond acceptors (Lipinski definition) is 8. The van der Waals surface area contributed by atoms with Crippen molar-refractivity contribution < 1.29 is 14.2 Å². The standard InChI is InChI=1S/C20H18ClFN6O2/c21-14-8-12(2-3-15(14)22)30-11-18-27-19-13(20(29)28-18)4-7-24-16(19)9-23-10-17-25-5-1-6-26-17/h1-8,20,23,29H,9-11H2,(H,27,28). The topological polar surface area (TPSA) is 105 Å². The Morgan fingerprint density at radius 3 is 2.77 bits per heavy atom. The van der Waals surface area contributed by atoms with Gasteiger partial charge in [-0.2, -0.15) is 0 Å². The number of ether oxygens (including phenoxy) is 1. The van der Waals surface area contributed by atoms with Crippen LogP contribution in [-0.4, -0.2) is 32.5 Å². The number of pyridine rings is 1. The first-order valence-corrected chi connectivity index (χ1v) is 9.52. The summed E-state index contributed by atoms with van der Waals surface area (Å²) in [5.74, 6) is 0.948. The molecule has 10 heteroatoms. The molecule has 1 unspecified atom stereocenters. The van der Waals surface area contributed by atoms with E-state index in [0.29, 0.717) is 47.4 Å². The van der Waals surface area contributed by atoms with E-state index in [1.807, 2.05) is 0 Å².